The first-order valence-corrected chi connectivity index (χ1v) is 40.2. The minimum atomic E-state index is -0.728. The number of ether oxygens (including phenoxy) is 3. The van der Waals surface area contributed by atoms with E-state index in [9.17, 15) is 58.5 Å². The van der Waals surface area contributed by atoms with Gasteiger partial charge >= 0.3 is 17.9 Å². The Balaban J connectivity index is 0.000000237. The number of aromatic nitrogens is 2. The van der Waals surface area contributed by atoms with Crippen molar-refractivity contribution in [2.45, 2.75) is 215 Å². The molecule has 618 valence electrons. The maximum absolute atomic E-state index is 13.3. The lowest BCUT2D eigenvalue weighted by atomic mass is 9.94. The average molecular weight is 1570 g/mol. The molecule has 12 atom stereocenters. The topological polar surface area (TPSA) is 341 Å². The molecule has 1 aromatic rings. The van der Waals surface area contributed by atoms with Crippen LogP contribution in [0.25, 0.3) is 0 Å². The number of nitrogens with zero attached hydrogens (tertiary/aromatic N) is 6. The van der Waals surface area contributed by atoms with Gasteiger partial charge in [-0.2, -0.15) is 0 Å². The zero-order valence-electron chi connectivity index (χ0n) is 68.7. The van der Waals surface area contributed by atoms with Crippen molar-refractivity contribution in [3.63, 3.8) is 0 Å². The van der Waals surface area contributed by atoms with Gasteiger partial charge in [-0.05, 0) is 151 Å². The summed E-state index contributed by atoms with van der Waals surface area (Å²) in [6.07, 6.45) is 33.8. The molecule has 8 aliphatic rings. The number of hydrogen-bond acceptors (Lipinski definition) is 18. The van der Waals surface area contributed by atoms with Crippen molar-refractivity contribution >= 4 is 64.8 Å². The molecule has 6 bridgehead atoms. The summed E-state index contributed by atoms with van der Waals surface area (Å²) in [7, 11) is 0. The second-order valence-corrected chi connectivity index (χ2v) is 32.1. The van der Waals surface area contributed by atoms with Gasteiger partial charge in [0.1, 0.15) is 59.4 Å². The molecule has 0 unspecified atom stereocenters. The molecular formula is C89H122N10O15. The molecule has 3 saturated heterocycles. The summed E-state index contributed by atoms with van der Waals surface area (Å²) < 4.78 is 17.8. The number of carbonyl (C=O) groups excluding carboxylic acids is 9. The number of aliphatic imine (C=N–C) groups is 2. The number of allylic oxidation sites excluding steroid dienone is 6. The highest BCUT2D eigenvalue weighted by Crippen LogP contribution is 2.31. The highest BCUT2D eigenvalue weighted by Gasteiger charge is 2.42. The number of H-pyrrole nitrogens is 1. The Morgan fingerprint density at radius 3 is 1.10 bits per heavy atom. The van der Waals surface area contributed by atoms with Gasteiger partial charge < -0.3 is 65.2 Å². The van der Waals surface area contributed by atoms with Crippen LogP contribution in [0.2, 0.25) is 0 Å². The van der Waals surface area contributed by atoms with E-state index < -0.39 is 72.7 Å². The van der Waals surface area contributed by atoms with Gasteiger partial charge in [0.15, 0.2) is 0 Å². The van der Waals surface area contributed by atoms with Crippen LogP contribution in [0.1, 0.15) is 170 Å². The average Bonchev–Trinajstić information content (AvgIpc) is 1.65. The molecule has 6 amide bonds. The van der Waals surface area contributed by atoms with E-state index in [0.717, 1.165) is 44.6 Å². The molecule has 9 heterocycles. The van der Waals surface area contributed by atoms with E-state index in [1.807, 2.05) is 120 Å². The number of hydrogen-bond donors (Lipinski definition) is 7. The number of esters is 3. The lowest BCUT2D eigenvalue weighted by molar-refractivity contribution is -0.161. The van der Waals surface area contributed by atoms with E-state index in [-0.39, 0.29) is 71.0 Å². The van der Waals surface area contributed by atoms with Crippen molar-refractivity contribution < 1.29 is 72.7 Å². The number of fused-ring (bicyclic) bond motifs is 7. The molecule has 9 rings (SSSR count). The minimum absolute atomic E-state index is 0.0120. The number of nitrogens with one attached hydrogen (secondary N) is 4. The lowest BCUT2D eigenvalue weighted by Crippen LogP contribution is -2.45. The fourth-order valence-corrected chi connectivity index (χ4v) is 15.1. The molecule has 8 aliphatic heterocycles. The molecule has 0 radical (unpaired) electrons. The first kappa shape index (κ1) is 91.2. The van der Waals surface area contributed by atoms with Crippen LogP contribution in [0.3, 0.4) is 0 Å². The zero-order valence-corrected chi connectivity index (χ0v) is 68.7. The van der Waals surface area contributed by atoms with E-state index in [0.29, 0.717) is 152 Å². The largest absolute Gasteiger partial charge is 0.460 e. The quantitative estimate of drug-likeness (QED) is 0.0840. The highest BCUT2D eigenvalue weighted by atomic mass is 16.6. The van der Waals surface area contributed by atoms with Gasteiger partial charge in [0.05, 0.1) is 37.6 Å². The van der Waals surface area contributed by atoms with Crippen molar-refractivity contribution in [1.29, 1.82) is 0 Å². The number of cyclic esters (lactones) is 3. The summed E-state index contributed by atoms with van der Waals surface area (Å²) in [5.41, 5.74) is 7.95. The zero-order chi connectivity index (χ0) is 83.5. The summed E-state index contributed by atoms with van der Waals surface area (Å²) in [5.74, 6) is -2.83. The monoisotopic (exact) mass is 1570 g/mol. The third-order valence-corrected chi connectivity index (χ3v) is 20.7. The van der Waals surface area contributed by atoms with Crippen molar-refractivity contribution in [3.05, 3.63) is 185 Å². The molecular weight excluding hydrogens is 1450 g/mol. The van der Waals surface area contributed by atoms with E-state index >= 15 is 0 Å². The molecule has 7 N–H and O–H groups in total. The van der Waals surface area contributed by atoms with Crippen LogP contribution in [0.4, 0.5) is 0 Å². The second kappa shape index (κ2) is 44.6. The van der Waals surface area contributed by atoms with Gasteiger partial charge in [-0.15, -0.1) is 0 Å². The molecule has 0 aromatic carbocycles. The van der Waals surface area contributed by atoms with Crippen molar-refractivity contribution in [2.24, 2.45) is 45.5 Å². The van der Waals surface area contributed by atoms with E-state index in [1.54, 1.807) is 63.3 Å². The van der Waals surface area contributed by atoms with Crippen LogP contribution >= 0.6 is 0 Å². The van der Waals surface area contributed by atoms with Crippen LogP contribution in [-0.2, 0) is 59.0 Å². The third-order valence-electron chi connectivity index (χ3n) is 20.7. The van der Waals surface area contributed by atoms with Gasteiger partial charge in [-0.3, -0.25) is 38.8 Å². The highest BCUT2D eigenvalue weighted by molar-refractivity contribution is 6.45. The van der Waals surface area contributed by atoms with Crippen LogP contribution in [0, 0.1) is 35.5 Å². The molecule has 1 aromatic heterocycles. The summed E-state index contributed by atoms with van der Waals surface area (Å²) in [6, 6.07) is -1.99. The number of carbonyl (C=O) groups is 9. The predicted octanol–water partition coefficient (Wildman–Crippen LogP) is 10.2. The Morgan fingerprint density at radius 2 is 0.772 bits per heavy atom. The first-order chi connectivity index (χ1) is 54.1. The van der Waals surface area contributed by atoms with Crippen LogP contribution < -0.4 is 16.0 Å². The fourth-order valence-electron chi connectivity index (χ4n) is 15.1. The number of aliphatic hydroxyl groups is 3. The smallest absolute Gasteiger partial charge is 0.329 e. The maximum Gasteiger partial charge on any atom is 0.329 e. The van der Waals surface area contributed by atoms with Crippen LogP contribution in [0.15, 0.2) is 184 Å². The lowest BCUT2D eigenvalue weighted by Gasteiger charge is -2.29. The Hall–Kier alpha value is -9.98. The van der Waals surface area contributed by atoms with Gasteiger partial charge in [-0.25, -0.2) is 19.4 Å². The van der Waals surface area contributed by atoms with Gasteiger partial charge in [0.25, 0.3) is 17.7 Å². The number of rotatable bonds is 3. The fraction of sp³-hybridized carbons (Fsp3) is 0.528. The van der Waals surface area contributed by atoms with Gasteiger partial charge in [-0.1, -0.05) is 188 Å². The van der Waals surface area contributed by atoms with Crippen molar-refractivity contribution in [3.8, 4) is 0 Å². The summed E-state index contributed by atoms with van der Waals surface area (Å²) in [4.78, 5) is 137. The molecule has 25 heteroatoms. The van der Waals surface area contributed by atoms with E-state index in [4.69, 9.17) is 14.2 Å². The van der Waals surface area contributed by atoms with Crippen LogP contribution in [0.5, 0.6) is 0 Å². The second-order valence-electron chi connectivity index (χ2n) is 32.1. The Bertz CT molecular complexity index is 3920. The summed E-state index contributed by atoms with van der Waals surface area (Å²) in [6.45, 7) is 38.6. The number of aromatic amines is 1. The molecule has 3 fully saturated rings. The Labute approximate surface area is 672 Å². The standard InChI is InChI=1S/2C30H41N3O5.C29H40N4O5/c2*1-19(2)28-22(5)10-11-27(35)31-12-6-8-20(3)15-24(34)16-21(4)14-23-17-25(32-18-23)29(36)33-13-7-9-26(33)30(37)38-28;1-18(2)27-21(5)10-11-26(35)30-12-6-8-19(3)14-22(34)15-20(4)16-25-31-17-23(32-25)28(36)33-13-7-9-24(33)29(37)38-27/h2*6,8,10-11,15,17,19,22,24,26,28,34H,4,7,9,12-14,16,18H2,1-3,5H3,(H,31,35);6,8,10-11,14,17-18,21-22,24,27,34H,4,7,9,12-13,15-16H2,1-3,5H3,(H,30,35)(H,31,32)/b2*8-6+,11-10+,20-15+;8-6+,11-10+,19-14+/t2*22-,24-,26-,28-;21-,22-,24-,27-/m111/s1. The number of aliphatic hydroxyl groups excluding tert-OH is 3. The third kappa shape index (κ3) is 28.5. The van der Waals surface area contributed by atoms with Crippen molar-refractivity contribution in [1.82, 2.24) is 40.6 Å². The first-order valence-electron chi connectivity index (χ1n) is 40.2. The van der Waals surface area contributed by atoms with E-state index in [1.165, 1.54) is 24.4 Å². The maximum atomic E-state index is 13.3. The normalized spacial score (nSPS) is 30.9. The van der Waals surface area contributed by atoms with Crippen molar-refractivity contribution in [2.75, 3.05) is 52.4 Å². The Kier molecular flexibility index (Phi) is 35.7. The predicted molar refractivity (Wildman–Crippen MR) is 442 cm³/mol. The molecule has 0 aliphatic carbocycles. The number of amides is 6. The van der Waals surface area contributed by atoms with Crippen LogP contribution in [-0.4, -0.2) is 212 Å². The number of imidazole rings is 1. The van der Waals surface area contributed by atoms with Gasteiger partial charge in [0.2, 0.25) is 17.7 Å². The van der Waals surface area contributed by atoms with Gasteiger partial charge in [0, 0.05) is 63.4 Å². The summed E-state index contributed by atoms with van der Waals surface area (Å²) >= 11 is 0. The van der Waals surface area contributed by atoms with E-state index in [2.05, 4.69) is 55.6 Å². The SMILES string of the molecule is C=C1CC2=CC(=NC2)C(=O)N2CCC[C@@H]2C(=O)O[C@H](C(C)C)[C@H](C)/C=C/C(=O)NC/C=C/C(C)=C/[C@@H](O)C1.C=C1CC2=CC(=NC2)C(=O)N2CCC[C@@H]2C(=O)O[C@H](C(C)C)[C@H](C)/C=C/C(=O)NC/C=C/C(C)=C/[C@@H](O)C1.C=C1Cc2ncc([nH]2)C(=O)N2CCC[C@@H]2C(=O)O[C@H](C(C)C)[C@H](C)/C=C/C(=O)NC/C=C/C(C)=C/[C@@H](O)C1. The molecule has 0 saturated carbocycles. The molecule has 25 nitrogen and oxygen atoms in total. The summed E-state index contributed by atoms with van der Waals surface area (Å²) in [5, 5.41) is 39.8. The Morgan fingerprint density at radius 1 is 0.456 bits per heavy atom. The molecule has 114 heavy (non-hydrogen) atoms. The minimum Gasteiger partial charge on any atom is -0.460 e. The molecule has 0 spiro atoms.